The maximum atomic E-state index is 12.1. The summed E-state index contributed by atoms with van der Waals surface area (Å²) in [5.41, 5.74) is -0.535. The molecular formula is C11H21FMgO. The van der Waals surface area contributed by atoms with Crippen molar-refractivity contribution in [3.63, 3.8) is 0 Å². The molecule has 0 atom stereocenters. The predicted molar refractivity (Wildman–Crippen MR) is 55.7 cm³/mol. The van der Waals surface area contributed by atoms with Crippen molar-refractivity contribution < 1.29 is 9.81 Å². The van der Waals surface area contributed by atoms with E-state index in [1.54, 1.807) is 0 Å². The van der Waals surface area contributed by atoms with E-state index in [-0.39, 0.29) is 27.8 Å². The van der Waals surface area contributed by atoms with E-state index in [2.05, 4.69) is 6.92 Å². The molecule has 0 amide bonds. The van der Waals surface area contributed by atoms with Gasteiger partial charge >= 0.3 is 23.1 Å². The van der Waals surface area contributed by atoms with Crippen molar-refractivity contribution in [1.82, 2.24) is 0 Å². The Morgan fingerprint density at radius 3 is 2.00 bits per heavy atom. The van der Waals surface area contributed by atoms with E-state index in [4.69, 9.17) is 0 Å². The molecule has 1 rings (SSSR count). The molecule has 0 aromatic rings. The van der Waals surface area contributed by atoms with Crippen LogP contribution in [0.2, 0.25) is 0 Å². The van der Waals surface area contributed by atoms with Crippen molar-refractivity contribution in [2.45, 2.75) is 70.3 Å². The average Bonchev–Trinajstić information content (AvgIpc) is 2.27. The van der Waals surface area contributed by atoms with Crippen molar-refractivity contribution in [2.75, 3.05) is 0 Å². The van der Waals surface area contributed by atoms with E-state index < -0.39 is 5.60 Å². The first-order valence-corrected chi connectivity index (χ1v) is 5.47. The molecule has 0 aromatic carbocycles. The van der Waals surface area contributed by atoms with Gasteiger partial charge in [-0.05, 0) is 0 Å². The molecule has 1 fully saturated rings. The normalized spacial score (nSPS) is 20.1. The third-order valence-electron chi connectivity index (χ3n) is 3.00. The molecule has 0 bridgehead atoms. The summed E-state index contributed by atoms with van der Waals surface area (Å²) in [6.07, 6.45) is 10.0. The smallest absolute Gasteiger partial charge is 1.00 e. The molecule has 0 aliphatic heterocycles. The molecule has 14 heavy (non-hydrogen) atoms. The van der Waals surface area contributed by atoms with Gasteiger partial charge in [-0.25, -0.2) is 0 Å². The first-order valence-electron chi connectivity index (χ1n) is 5.47. The SMILES string of the molecule is CCCCC1([O-])CCCCCC1.[F-].[Mg+2]. The summed E-state index contributed by atoms with van der Waals surface area (Å²) in [6, 6.07) is 0. The van der Waals surface area contributed by atoms with Crippen LogP contribution >= 0.6 is 0 Å². The van der Waals surface area contributed by atoms with Gasteiger partial charge in [0.2, 0.25) is 0 Å². The second-order valence-corrected chi connectivity index (χ2v) is 4.20. The van der Waals surface area contributed by atoms with Gasteiger partial charge in [-0.15, -0.1) is 5.60 Å². The zero-order valence-electron chi connectivity index (χ0n) is 9.36. The Morgan fingerprint density at radius 2 is 1.57 bits per heavy atom. The fraction of sp³-hybridized carbons (Fsp3) is 1.00. The molecule has 0 aromatic heterocycles. The van der Waals surface area contributed by atoms with Crippen LogP contribution in [-0.2, 0) is 0 Å². The van der Waals surface area contributed by atoms with Gasteiger partial charge in [0.1, 0.15) is 0 Å². The predicted octanol–water partition coefficient (Wildman–Crippen LogP) is -0.747. The van der Waals surface area contributed by atoms with Gasteiger partial charge in [-0.2, -0.15) is 0 Å². The Morgan fingerprint density at radius 1 is 1.07 bits per heavy atom. The van der Waals surface area contributed by atoms with Crippen LogP contribution < -0.4 is 9.81 Å². The van der Waals surface area contributed by atoms with Crippen molar-refractivity contribution >= 4 is 23.1 Å². The van der Waals surface area contributed by atoms with Crippen molar-refractivity contribution in [2.24, 2.45) is 0 Å². The number of unbranched alkanes of at least 4 members (excludes halogenated alkanes) is 1. The van der Waals surface area contributed by atoms with Crippen LogP contribution in [0, 0.1) is 0 Å². The third-order valence-corrected chi connectivity index (χ3v) is 3.00. The van der Waals surface area contributed by atoms with Crippen molar-refractivity contribution in [3.8, 4) is 0 Å². The molecule has 0 spiro atoms. The molecule has 80 valence electrons. The summed E-state index contributed by atoms with van der Waals surface area (Å²) in [6.45, 7) is 2.17. The van der Waals surface area contributed by atoms with Gasteiger partial charge < -0.3 is 9.81 Å². The van der Waals surface area contributed by atoms with E-state index in [1.807, 2.05) is 0 Å². The minimum absolute atomic E-state index is 0. The van der Waals surface area contributed by atoms with Gasteiger partial charge in [-0.3, -0.25) is 0 Å². The summed E-state index contributed by atoms with van der Waals surface area (Å²) in [4.78, 5) is 0. The number of rotatable bonds is 3. The van der Waals surface area contributed by atoms with Gasteiger partial charge in [0, 0.05) is 0 Å². The monoisotopic (exact) mass is 212 g/mol. The van der Waals surface area contributed by atoms with Crippen LogP contribution in [0.3, 0.4) is 0 Å². The van der Waals surface area contributed by atoms with Gasteiger partial charge in [0.25, 0.3) is 0 Å². The van der Waals surface area contributed by atoms with Crippen LogP contribution in [0.1, 0.15) is 64.7 Å². The van der Waals surface area contributed by atoms with Crippen molar-refractivity contribution in [1.29, 1.82) is 0 Å². The Labute approximate surface area is 103 Å². The molecule has 3 heteroatoms. The molecule has 1 aliphatic carbocycles. The largest absolute Gasteiger partial charge is 2.00 e. The average molecular weight is 213 g/mol. The number of halogens is 1. The molecule has 1 aliphatic rings. The van der Waals surface area contributed by atoms with Crippen LogP contribution in [0.25, 0.3) is 0 Å². The number of hydrogen-bond acceptors (Lipinski definition) is 1. The molecule has 0 N–H and O–H groups in total. The van der Waals surface area contributed by atoms with E-state index in [9.17, 15) is 5.11 Å². The maximum Gasteiger partial charge on any atom is 2.00 e. The Hall–Kier alpha value is 0.656. The van der Waals surface area contributed by atoms with Crippen molar-refractivity contribution in [3.05, 3.63) is 0 Å². The molecule has 0 heterocycles. The molecule has 1 saturated carbocycles. The zero-order valence-corrected chi connectivity index (χ0v) is 10.8. The quantitative estimate of drug-likeness (QED) is 0.446. The molecule has 0 unspecified atom stereocenters. The minimum atomic E-state index is -0.535. The summed E-state index contributed by atoms with van der Waals surface area (Å²) in [7, 11) is 0. The Kier molecular flexibility index (Phi) is 10.9. The van der Waals surface area contributed by atoms with Crippen LogP contribution in [0.4, 0.5) is 0 Å². The fourth-order valence-corrected chi connectivity index (χ4v) is 2.12. The molecule has 0 saturated heterocycles. The van der Waals surface area contributed by atoms with Crippen LogP contribution in [-0.4, -0.2) is 28.7 Å². The summed E-state index contributed by atoms with van der Waals surface area (Å²) < 4.78 is 0. The van der Waals surface area contributed by atoms with Gasteiger partial charge in [-0.1, -0.05) is 64.7 Å². The summed E-state index contributed by atoms with van der Waals surface area (Å²) in [5, 5.41) is 12.1. The Balaban J connectivity index is 0. The maximum absolute atomic E-state index is 12.1. The van der Waals surface area contributed by atoms with E-state index >= 15 is 0 Å². The first kappa shape index (κ1) is 17.1. The Bertz CT molecular complexity index is 122. The van der Waals surface area contributed by atoms with Crippen LogP contribution in [0.15, 0.2) is 0 Å². The fourth-order valence-electron chi connectivity index (χ4n) is 2.12. The second kappa shape index (κ2) is 8.92. The van der Waals surface area contributed by atoms with E-state index in [0.29, 0.717) is 0 Å². The van der Waals surface area contributed by atoms with E-state index in [1.165, 1.54) is 32.1 Å². The third kappa shape index (κ3) is 6.20. The molecule has 1 nitrogen and oxygen atoms in total. The van der Waals surface area contributed by atoms with Crippen LogP contribution in [0.5, 0.6) is 0 Å². The minimum Gasteiger partial charge on any atom is -1.00 e. The summed E-state index contributed by atoms with van der Waals surface area (Å²) in [5.74, 6) is 0. The zero-order chi connectivity index (χ0) is 8.86. The topological polar surface area (TPSA) is 23.1 Å². The molecule has 0 radical (unpaired) electrons. The van der Waals surface area contributed by atoms with E-state index in [0.717, 1.165) is 25.7 Å². The first-order chi connectivity index (χ1) is 5.77. The number of hydrogen-bond donors (Lipinski definition) is 0. The van der Waals surface area contributed by atoms with Gasteiger partial charge in [0.15, 0.2) is 0 Å². The summed E-state index contributed by atoms with van der Waals surface area (Å²) >= 11 is 0. The van der Waals surface area contributed by atoms with Gasteiger partial charge in [0.05, 0.1) is 0 Å². The second-order valence-electron chi connectivity index (χ2n) is 4.20. The standard InChI is InChI=1S/C11H21O.FH.Mg/c1-2-3-8-11(12)9-6-4-5-7-10-11;;/h2-10H2,1H3;1H;/q-1;;+2/p-1. The molecular weight excluding hydrogens is 191 g/mol.